The lowest BCUT2D eigenvalue weighted by Crippen LogP contribution is -1.91. The van der Waals surface area contributed by atoms with Crippen LogP contribution in [0.25, 0.3) is 0 Å². The maximum Gasteiger partial charge on any atom is 0.138 e. The average molecular weight is 152 g/mol. The number of aromatic nitrogens is 1. The van der Waals surface area contributed by atoms with Crippen molar-refractivity contribution in [3.05, 3.63) is 10.7 Å². The molecule has 1 aliphatic heterocycles. The standard InChI is InChI=1S/C7H8N2S/c1-5-9-6-3-2-4-8-7(6)10-5/h4H,2-3H2,1H3. The number of hydrogen-bond donors (Lipinski definition) is 0. The van der Waals surface area contributed by atoms with Crippen LogP contribution in [0.3, 0.4) is 0 Å². The van der Waals surface area contributed by atoms with Crippen LogP contribution in [-0.2, 0) is 6.42 Å². The fraction of sp³-hybridized carbons (Fsp3) is 0.429. The van der Waals surface area contributed by atoms with Crippen molar-refractivity contribution in [3.8, 4) is 0 Å². The Kier molecular flexibility index (Phi) is 1.31. The van der Waals surface area contributed by atoms with Crippen LogP contribution in [-0.4, -0.2) is 11.2 Å². The highest BCUT2D eigenvalue weighted by Crippen LogP contribution is 2.29. The Hall–Kier alpha value is -0.700. The summed E-state index contributed by atoms with van der Waals surface area (Å²) in [7, 11) is 0. The molecule has 2 rings (SSSR count). The maximum atomic E-state index is 4.36. The molecular formula is C7H8N2S. The molecule has 0 aliphatic carbocycles. The molecule has 1 aromatic rings. The van der Waals surface area contributed by atoms with Crippen molar-refractivity contribution < 1.29 is 0 Å². The van der Waals surface area contributed by atoms with E-state index in [1.54, 1.807) is 11.3 Å². The third kappa shape index (κ3) is 0.865. The fourth-order valence-electron chi connectivity index (χ4n) is 1.07. The second-order valence-corrected chi connectivity index (χ2v) is 3.52. The fourth-order valence-corrected chi connectivity index (χ4v) is 1.90. The highest BCUT2D eigenvalue weighted by Gasteiger charge is 2.09. The number of aliphatic imine (C=N–C) groups is 1. The van der Waals surface area contributed by atoms with Crippen molar-refractivity contribution in [2.24, 2.45) is 4.99 Å². The van der Waals surface area contributed by atoms with Gasteiger partial charge in [0, 0.05) is 6.21 Å². The summed E-state index contributed by atoms with van der Waals surface area (Å²) in [5.74, 6) is 0. The molecule has 1 aliphatic rings. The quantitative estimate of drug-likeness (QED) is 0.559. The smallest absolute Gasteiger partial charge is 0.138 e. The molecule has 0 unspecified atom stereocenters. The Labute approximate surface area is 63.6 Å². The normalized spacial score (nSPS) is 15.3. The van der Waals surface area contributed by atoms with Crippen molar-refractivity contribution in [1.82, 2.24) is 4.98 Å². The number of hydrogen-bond acceptors (Lipinski definition) is 3. The minimum atomic E-state index is 1.05. The Morgan fingerprint density at radius 3 is 3.30 bits per heavy atom. The predicted octanol–water partition coefficient (Wildman–Crippen LogP) is 2.10. The molecule has 0 radical (unpaired) electrons. The summed E-state index contributed by atoms with van der Waals surface area (Å²) in [6.45, 7) is 2.03. The molecule has 0 bridgehead atoms. The first kappa shape index (κ1) is 6.04. The average Bonchev–Trinajstić information content (AvgIpc) is 2.27. The molecule has 0 amide bonds. The third-order valence-corrected chi connectivity index (χ3v) is 2.42. The first-order valence-electron chi connectivity index (χ1n) is 3.35. The van der Waals surface area contributed by atoms with Gasteiger partial charge in [0.1, 0.15) is 5.00 Å². The molecule has 0 aromatic carbocycles. The van der Waals surface area contributed by atoms with E-state index in [1.807, 2.05) is 13.1 Å². The van der Waals surface area contributed by atoms with Gasteiger partial charge < -0.3 is 0 Å². The van der Waals surface area contributed by atoms with Gasteiger partial charge in [-0.2, -0.15) is 0 Å². The van der Waals surface area contributed by atoms with Gasteiger partial charge in [-0.15, -0.1) is 0 Å². The zero-order chi connectivity index (χ0) is 6.97. The highest BCUT2D eigenvalue weighted by molar-refractivity contribution is 7.15. The van der Waals surface area contributed by atoms with Crippen molar-refractivity contribution in [1.29, 1.82) is 0 Å². The van der Waals surface area contributed by atoms with Crippen LogP contribution in [0.1, 0.15) is 17.1 Å². The monoisotopic (exact) mass is 152 g/mol. The summed E-state index contributed by atoms with van der Waals surface area (Å²) in [6.07, 6.45) is 4.10. The molecule has 52 valence electrons. The topological polar surface area (TPSA) is 25.2 Å². The van der Waals surface area contributed by atoms with Crippen LogP contribution in [0, 0.1) is 6.92 Å². The van der Waals surface area contributed by atoms with Gasteiger partial charge in [-0.25, -0.2) is 9.98 Å². The zero-order valence-electron chi connectivity index (χ0n) is 5.79. The van der Waals surface area contributed by atoms with Gasteiger partial charge in [-0.05, 0) is 19.8 Å². The number of aryl methyl sites for hydroxylation is 2. The van der Waals surface area contributed by atoms with E-state index in [4.69, 9.17) is 0 Å². The highest BCUT2D eigenvalue weighted by atomic mass is 32.1. The number of nitrogens with zero attached hydrogens (tertiary/aromatic N) is 2. The number of thiazole rings is 1. The lowest BCUT2D eigenvalue weighted by Gasteiger charge is -1.98. The molecule has 3 heteroatoms. The van der Waals surface area contributed by atoms with Gasteiger partial charge in [0.2, 0.25) is 0 Å². The molecule has 0 saturated heterocycles. The van der Waals surface area contributed by atoms with Crippen LogP contribution in [0.15, 0.2) is 4.99 Å². The summed E-state index contributed by atoms with van der Waals surface area (Å²) in [5.41, 5.74) is 1.19. The van der Waals surface area contributed by atoms with Crippen molar-refractivity contribution in [2.45, 2.75) is 19.8 Å². The van der Waals surface area contributed by atoms with Gasteiger partial charge in [-0.1, -0.05) is 11.3 Å². The van der Waals surface area contributed by atoms with Gasteiger partial charge in [0.25, 0.3) is 0 Å². The van der Waals surface area contributed by atoms with E-state index in [2.05, 4.69) is 9.98 Å². The van der Waals surface area contributed by atoms with E-state index in [0.29, 0.717) is 0 Å². The van der Waals surface area contributed by atoms with Crippen molar-refractivity contribution >= 4 is 22.6 Å². The molecule has 0 fully saturated rings. The second kappa shape index (κ2) is 2.16. The van der Waals surface area contributed by atoms with Crippen LogP contribution < -0.4 is 0 Å². The summed E-state index contributed by atoms with van der Waals surface area (Å²) < 4.78 is 0. The molecule has 10 heavy (non-hydrogen) atoms. The first-order chi connectivity index (χ1) is 4.86. The zero-order valence-corrected chi connectivity index (χ0v) is 6.61. The van der Waals surface area contributed by atoms with Crippen molar-refractivity contribution in [3.63, 3.8) is 0 Å². The number of fused-ring (bicyclic) bond motifs is 1. The molecule has 0 spiro atoms. The third-order valence-electron chi connectivity index (χ3n) is 1.50. The van der Waals surface area contributed by atoms with E-state index >= 15 is 0 Å². The van der Waals surface area contributed by atoms with Crippen molar-refractivity contribution in [2.75, 3.05) is 0 Å². The van der Waals surface area contributed by atoms with Crippen LogP contribution in [0.2, 0.25) is 0 Å². The van der Waals surface area contributed by atoms with Crippen LogP contribution in [0.5, 0.6) is 0 Å². The molecule has 2 heterocycles. The Morgan fingerprint density at radius 2 is 2.50 bits per heavy atom. The molecule has 1 aromatic heterocycles. The van der Waals surface area contributed by atoms with Gasteiger partial charge in [0.05, 0.1) is 10.7 Å². The lowest BCUT2D eigenvalue weighted by atomic mass is 10.2. The molecular weight excluding hydrogens is 144 g/mol. The first-order valence-corrected chi connectivity index (χ1v) is 4.17. The predicted molar refractivity (Wildman–Crippen MR) is 43.3 cm³/mol. The molecule has 0 atom stereocenters. The lowest BCUT2D eigenvalue weighted by molar-refractivity contribution is 0.971. The molecule has 0 N–H and O–H groups in total. The summed E-state index contributed by atoms with van der Waals surface area (Å²) >= 11 is 1.68. The largest absolute Gasteiger partial charge is 0.248 e. The number of rotatable bonds is 0. The minimum Gasteiger partial charge on any atom is -0.248 e. The van der Waals surface area contributed by atoms with E-state index < -0.39 is 0 Å². The van der Waals surface area contributed by atoms with E-state index in [9.17, 15) is 0 Å². The van der Waals surface area contributed by atoms with Gasteiger partial charge in [0.15, 0.2) is 0 Å². The molecule has 0 saturated carbocycles. The summed E-state index contributed by atoms with van der Waals surface area (Å²) in [4.78, 5) is 8.60. The Balaban J connectivity index is 2.53. The maximum absolute atomic E-state index is 4.36. The van der Waals surface area contributed by atoms with Crippen LogP contribution in [0.4, 0.5) is 5.00 Å². The Morgan fingerprint density at radius 1 is 1.60 bits per heavy atom. The summed E-state index contributed by atoms with van der Waals surface area (Å²) in [5, 5.41) is 2.24. The Bertz CT molecular complexity index is 275. The minimum absolute atomic E-state index is 1.05. The SMILES string of the molecule is Cc1nc2c(s1)N=CCC2. The molecule has 2 nitrogen and oxygen atoms in total. The summed E-state index contributed by atoms with van der Waals surface area (Å²) in [6, 6.07) is 0. The van der Waals surface area contributed by atoms with E-state index in [-0.39, 0.29) is 0 Å². The van der Waals surface area contributed by atoms with E-state index in [0.717, 1.165) is 22.9 Å². The van der Waals surface area contributed by atoms with Crippen LogP contribution >= 0.6 is 11.3 Å². The second-order valence-electron chi connectivity index (χ2n) is 2.34. The van der Waals surface area contributed by atoms with Gasteiger partial charge >= 0.3 is 0 Å². The van der Waals surface area contributed by atoms with Gasteiger partial charge in [-0.3, -0.25) is 0 Å². The van der Waals surface area contributed by atoms with E-state index in [1.165, 1.54) is 5.69 Å².